The highest BCUT2D eigenvalue weighted by Crippen LogP contribution is 2.16. The van der Waals surface area contributed by atoms with E-state index in [9.17, 15) is 4.39 Å². The first-order valence-electron chi connectivity index (χ1n) is 4.38. The summed E-state index contributed by atoms with van der Waals surface area (Å²) in [4.78, 5) is 0. The molecule has 0 aromatic carbocycles. The predicted octanol–water partition coefficient (Wildman–Crippen LogP) is 2.80. The second-order valence-electron chi connectivity index (χ2n) is 2.57. The lowest BCUT2D eigenvalue weighted by atomic mass is 10.3. The molecular formula is C11H11FN2O. The highest BCUT2D eigenvalue weighted by molar-refractivity contribution is 5.26. The molecule has 78 valence electrons. The molecule has 0 saturated carbocycles. The first-order chi connectivity index (χ1) is 7.27. The van der Waals surface area contributed by atoms with Crippen molar-refractivity contribution in [2.24, 2.45) is 0 Å². The molecule has 0 amide bonds. The highest BCUT2D eigenvalue weighted by atomic mass is 19.1. The quantitative estimate of drug-likeness (QED) is 0.561. The lowest BCUT2D eigenvalue weighted by Gasteiger charge is -2.05. The number of rotatable bonds is 4. The summed E-state index contributed by atoms with van der Waals surface area (Å²) >= 11 is 0. The van der Waals surface area contributed by atoms with Crippen molar-refractivity contribution in [3.63, 3.8) is 0 Å². The van der Waals surface area contributed by atoms with Gasteiger partial charge in [-0.05, 0) is 25.1 Å². The van der Waals surface area contributed by atoms with Crippen LogP contribution in [-0.2, 0) is 0 Å². The van der Waals surface area contributed by atoms with Crippen molar-refractivity contribution in [2.45, 2.75) is 6.92 Å². The number of hydrogen-bond donors (Lipinski definition) is 0. The Morgan fingerprint density at radius 2 is 2.40 bits per heavy atom. The second-order valence-corrected chi connectivity index (χ2v) is 2.57. The minimum atomic E-state index is -0.472. The van der Waals surface area contributed by atoms with E-state index in [4.69, 9.17) is 4.74 Å². The normalized spacial score (nSPS) is 12.4. The number of hydrogen-bond acceptors (Lipinski definition) is 3. The Bertz CT molecular complexity index is 385. The molecule has 1 aromatic heterocycles. The summed E-state index contributed by atoms with van der Waals surface area (Å²) in [6.07, 6.45) is 5.67. The number of halogens is 1. The fraction of sp³-hybridized carbons (Fsp3) is 0.0909. The van der Waals surface area contributed by atoms with Crippen LogP contribution in [0.4, 0.5) is 4.39 Å². The summed E-state index contributed by atoms with van der Waals surface area (Å²) in [5.74, 6) is -0.170. The second kappa shape index (κ2) is 5.70. The van der Waals surface area contributed by atoms with E-state index in [1.54, 1.807) is 19.1 Å². The third-order valence-corrected chi connectivity index (χ3v) is 1.52. The maximum atomic E-state index is 13.2. The zero-order valence-corrected chi connectivity index (χ0v) is 8.35. The molecule has 1 heterocycles. The third kappa shape index (κ3) is 3.34. The summed E-state index contributed by atoms with van der Waals surface area (Å²) in [5.41, 5.74) is 0. The van der Waals surface area contributed by atoms with Crippen molar-refractivity contribution in [1.29, 1.82) is 0 Å². The Balaban J connectivity index is 2.86. The largest absolute Gasteiger partial charge is 0.434 e. The molecule has 0 radical (unpaired) electrons. The maximum absolute atomic E-state index is 13.2. The average Bonchev–Trinajstić information content (AvgIpc) is 2.29. The van der Waals surface area contributed by atoms with Crippen LogP contribution >= 0.6 is 0 Å². The summed E-state index contributed by atoms with van der Waals surface area (Å²) in [5, 5.41) is 7.29. The van der Waals surface area contributed by atoms with Gasteiger partial charge < -0.3 is 4.74 Å². The fourth-order valence-corrected chi connectivity index (χ4v) is 0.866. The Morgan fingerprint density at radius 3 is 2.93 bits per heavy atom. The van der Waals surface area contributed by atoms with Crippen LogP contribution in [-0.4, -0.2) is 10.2 Å². The van der Waals surface area contributed by atoms with Gasteiger partial charge in [-0.15, -0.1) is 5.10 Å². The van der Waals surface area contributed by atoms with E-state index in [0.29, 0.717) is 0 Å². The Labute approximate surface area is 87.6 Å². The zero-order chi connectivity index (χ0) is 11.1. The van der Waals surface area contributed by atoms with Crippen LogP contribution in [0.25, 0.3) is 0 Å². The predicted molar refractivity (Wildman–Crippen MR) is 55.8 cm³/mol. The van der Waals surface area contributed by atoms with Crippen LogP contribution < -0.4 is 4.74 Å². The van der Waals surface area contributed by atoms with Crippen LogP contribution in [0.1, 0.15) is 6.92 Å². The monoisotopic (exact) mass is 206 g/mol. The molecule has 0 spiro atoms. The summed E-state index contributed by atoms with van der Waals surface area (Å²) < 4.78 is 18.4. The van der Waals surface area contributed by atoms with E-state index in [-0.39, 0.29) is 11.6 Å². The lowest BCUT2D eigenvalue weighted by Crippen LogP contribution is -1.98. The van der Waals surface area contributed by atoms with Crippen molar-refractivity contribution in [1.82, 2.24) is 10.2 Å². The Morgan fingerprint density at radius 1 is 1.60 bits per heavy atom. The lowest BCUT2D eigenvalue weighted by molar-refractivity contribution is 0.384. The molecule has 0 aliphatic carbocycles. The molecule has 15 heavy (non-hydrogen) atoms. The standard InChI is InChI=1S/C11H11FN2O/c1-3-6-10(9(12)4-2)15-11-7-5-8-13-14-11/h3-8H,1H2,2H3/b9-4+,10-6+. The number of aromatic nitrogens is 2. The SMILES string of the molecule is C=C/C=C(Oc1cccnn1)\C(F)=C/C. The van der Waals surface area contributed by atoms with Crippen molar-refractivity contribution in [2.75, 3.05) is 0 Å². The summed E-state index contributed by atoms with van der Waals surface area (Å²) in [6.45, 7) is 5.05. The maximum Gasteiger partial charge on any atom is 0.238 e. The molecule has 0 N–H and O–H groups in total. The molecule has 0 fully saturated rings. The van der Waals surface area contributed by atoms with Crippen LogP contribution in [0.5, 0.6) is 5.88 Å². The van der Waals surface area contributed by atoms with Crippen molar-refractivity contribution < 1.29 is 9.13 Å². The van der Waals surface area contributed by atoms with Crippen LogP contribution in [0.15, 0.2) is 54.7 Å². The van der Waals surface area contributed by atoms with Gasteiger partial charge in [0.05, 0.1) is 0 Å². The van der Waals surface area contributed by atoms with E-state index < -0.39 is 5.83 Å². The van der Waals surface area contributed by atoms with Crippen molar-refractivity contribution in [3.8, 4) is 5.88 Å². The molecule has 0 bridgehead atoms. The molecule has 3 nitrogen and oxygen atoms in total. The van der Waals surface area contributed by atoms with Gasteiger partial charge in [0, 0.05) is 12.3 Å². The van der Waals surface area contributed by atoms with E-state index in [1.807, 2.05) is 0 Å². The average molecular weight is 206 g/mol. The third-order valence-electron chi connectivity index (χ3n) is 1.52. The molecular weight excluding hydrogens is 195 g/mol. The fourth-order valence-electron chi connectivity index (χ4n) is 0.866. The minimum absolute atomic E-state index is 0.0630. The molecule has 0 unspecified atom stereocenters. The topological polar surface area (TPSA) is 35.0 Å². The summed E-state index contributed by atoms with van der Waals surface area (Å²) in [7, 11) is 0. The first kappa shape index (κ1) is 11.1. The Hall–Kier alpha value is -1.97. The van der Waals surface area contributed by atoms with Gasteiger partial charge in [0.1, 0.15) is 0 Å². The Kier molecular flexibility index (Phi) is 4.22. The van der Waals surface area contributed by atoms with Gasteiger partial charge in [-0.1, -0.05) is 12.7 Å². The molecule has 1 rings (SSSR count). The van der Waals surface area contributed by atoms with E-state index >= 15 is 0 Å². The van der Waals surface area contributed by atoms with Gasteiger partial charge in [-0.3, -0.25) is 0 Å². The van der Waals surface area contributed by atoms with Crippen LogP contribution in [0.2, 0.25) is 0 Å². The van der Waals surface area contributed by atoms with Gasteiger partial charge in [0.2, 0.25) is 5.88 Å². The number of ether oxygens (including phenoxy) is 1. The smallest absolute Gasteiger partial charge is 0.238 e. The molecule has 0 atom stereocenters. The van der Waals surface area contributed by atoms with E-state index in [1.165, 1.54) is 24.4 Å². The number of allylic oxidation sites excluding steroid dienone is 4. The van der Waals surface area contributed by atoms with Gasteiger partial charge in [-0.2, -0.15) is 5.10 Å². The number of nitrogens with zero attached hydrogens (tertiary/aromatic N) is 2. The van der Waals surface area contributed by atoms with Crippen LogP contribution in [0.3, 0.4) is 0 Å². The van der Waals surface area contributed by atoms with Crippen molar-refractivity contribution in [3.05, 3.63) is 54.7 Å². The van der Waals surface area contributed by atoms with Crippen LogP contribution in [0, 0.1) is 0 Å². The molecule has 0 saturated heterocycles. The highest BCUT2D eigenvalue weighted by Gasteiger charge is 2.06. The molecule has 0 aliphatic heterocycles. The van der Waals surface area contributed by atoms with Gasteiger partial charge in [-0.25, -0.2) is 4.39 Å². The van der Waals surface area contributed by atoms with E-state index in [2.05, 4.69) is 16.8 Å². The first-order valence-corrected chi connectivity index (χ1v) is 4.38. The summed E-state index contributed by atoms with van der Waals surface area (Å²) in [6, 6.07) is 3.24. The van der Waals surface area contributed by atoms with Crippen molar-refractivity contribution >= 4 is 0 Å². The van der Waals surface area contributed by atoms with Gasteiger partial charge in [0.15, 0.2) is 11.6 Å². The minimum Gasteiger partial charge on any atom is -0.434 e. The molecule has 1 aromatic rings. The molecule has 4 heteroatoms. The van der Waals surface area contributed by atoms with Gasteiger partial charge in [0.25, 0.3) is 0 Å². The van der Waals surface area contributed by atoms with Gasteiger partial charge >= 0.3 is 0 Å². The zero-order valence-electron chi connectivity index (χ0n) is 8.35. The molecule has 0 aliphatic rings. The van der Waals surface area contributed by atoms with E-state index in [0.717, 1.165) is 0 Å².